The Kier molecular flexibility index (Phi) is 5.69. The normalized spacial score (nSPS) is 10.8. The highest BCUT2D eigenvalue weighted by molar-refractivity contribution is 6.31. The lowest BCUT2D eigenvalue weighted by molar-refractivity contribution is -0.385. The number of aromatic nitrogens is 4. The zero-order chi connectivity index (χ0) is 20.3. The summed E-state index contributed by atoms with van der Waals surface area (Å²) >= 11 is 6.04. The molecule has 0 spiro atoms. The molecule has 0 radical (unpaired) electrons. The Morgan fingerprint density at radius 2 is 2.18 bits per heavy atom. The van der Waals surface area contributed by atoms with Gasteiger partial charge in [-0.3, -0.25) is 24.3 Å². The predicted molar refractivity (Wildman–Crippen MR) is 99.6 cm³/mol. The van der Waals surface area contributed by atoms with Gasteiger partial charge in [0, 0.05) is 29.7 Å². The Balaban J connectivity index is 1.59. The van der Waals surface area contributed by atoms with E-state index >= 15 is 0 Å². The van der Waals surface area contributed by atoms with E-state index in [0.717, 1.165) is 11.9 Å². The highest BCUT2D eigenvalue weighted by Gasteiger charge is 2.12. The van der Waals surface area contributed by atoms with Gasteiger partial charge >= 0.3 is 5.69 Å². The van der Waals surface area contributed by atoms with E-state index in [1.807, 2.05) is 6.92 Å². The number of anilines is 1. The van der Waals surface area contributed by atoms with Crippen molar-refractivity contribution in [1.29, 1.82) is 0 Å². The van der Waals surface area contributed by atoms with Gasteiger partial charge in [0.2, 0.25) is 5.91 Å². The van der Waals surface area contributed by atoms with Gasteiger partial charge in [0.15, 0.2) is 5.82 Å². The fraction of sp³-hybridized carbons (Fsp3) is 0.235. The first-order valence-electron chi connectivity index (χ1n) is 8.27. The minimum atomic E-state index is -0.549. The van der Waals surface area contributed by atoms with Crippen LogP contribution in [0.2, 0.25) is 5.02 Å². The third-order valence-electron chi connectivity index (χ3n) is 3.98. The highest BCUT2D eigenvalue weighted by Crippen LogP contribution is 2.20. The van der Waals surface area contributed by atoms with E-state index in [9.17, 15) is 19.3 Å². The Labute approximate surface area is 163 Å². The van der Waals surface area contributed by atoms with Crippen LogP contribution in [0.25, 0.3) is 0 Å². The van der Waals surface area contributed by atoms with Crippen molar-refractivity contribution in [2.75, 3.05) is 5.32 Å². The molecule has 1 N–H and O–H groups in total. The van der Waals surface area contributed by atoms with Crippen LogP contribution in [0.5, 0.6) is 0 Å². The van der Waals surface area contributed by atoms with Gasteiger partial charge in [0.25, 0.3) is 0 Å². The second-order valence-corrected chi connectivity index (χ2v) is 6.49. The maximum atomic E-state index is 13.2. The highest BCUT2D eigenvalue weighted by atomic mass is 35.5. The molecule has 0 atom stereocenters. The number of hydrogen-bond donors (Lipinski definition) is 1. The Hall–Kier alpha value is -3.27. The second-order valence-electron chi connectivity index (χ2n) is 6.08. The number of aryl methyl sites for hydroxylation is 2. The van der Waals surface area contributed by atoms with E-state index in [1.54, 1.807) is 16.8 Å². The average molecular weight is 407 g/mol. The van der Waals surface area contributed by atoms with Crippen LogP contribution in [0.3, 0.4) is 0 Å². The molecule has 28 heavy (non-hydrogen) atoms. The summed E-state index contributed by atoms with van der Waals surface area (Å²) in [5.41, 5.74) is 1.36. The maximum Gasteiger partial charge on any atom is 0.306 e. The van der Waals surface area contributed by atoms with Crippen molar-refractivity contribution in [2.24, 2.45) is 0 Å². The standard InChI is InChI=1S/C17H16ClFN6O3/c1-11-6-16(22-24(11)9-12-2-3-13(19)7-15(12)18)21-17(26)4-5-23-10-14(8-20-23)25(27)28/h2-3,6-8,10H,4-5,9H2,1H3,(H,21,22,26). The summed E-state index contributed by atoms with van der Waals surface area (Å²) in [6.07, 6.45) is 2.47. The van der Waals surface area contributed by atoms with Gasteiger partial charge in [-0.15, -0.1) is 0 Å². The SMILES string of the molecule is Cc1cc(NC(=O)CCn2cc([N+](=O)[O-])cn2)nn1Cc1ccc(F)cc1Cl. The number of nitrogens with one attached hydrogen (secondary N) is 1. The molecule has 2 aromatic heterocycles. The zero-order valence-electron chi connectivity index (χ0n) is 14.8. The molecule has 2 heterocycles. The van der Waals surface area contributed by atoms with Gasteiger partial charge < -0.3 is 5.32 Å². The topological polar surface area (TPSA) is 108 Å². The first kappa shape index (κ1) is 19.5. The third kappa shape index (κ3) is 4.71. The first-order chi connectivity index (χ1) is 13.3. The van der Waals surface area contributed by atoms with Crippen molar-refractivity contribution in [2.45, 2.75) is 26.4 Å². The van der Waals surface area contributed by atoms with Gasteiger partial charge in [0.1, 0.15) is 18.2 Å². The summed E-state index contributed by atoms with van der Waals surface area (Å²) in [6, 6.07) is 5.84. The van der Waals surface area contributed by atoms with Crippen molar-refractivity contribution in [3.63, 3.8) is 0 Å². The quantitative estimate of drug-likeness (QED) is 0.479. The number of carbonyl (C=O) groups excluding carboxylic acids is 1. The van der Waals surface area contributed by atoms with Crippen molar-refractivity contribution in [3.05, 3.63) is 68.9 Å². The minimum Gasteiger partial charge on any atom is -0.309 e. The molecule has 3 aromatic rings. The molecule has 0 unspecified atom stereocenters. The fourth-order valence-corrected chi connectivity index (χ4v) is 2.76. The summed E-state index contributed by atoms with van der Waals surface area (Å²) < 4.78 is 16.1. The number of nitrogens with zero attached hydrogens (tertiary/aromatic N) is 5. The summed E-state index contributed by atoms with van der Waals surface area (Å²) in [7, 11) is 0. The minimum absolute atomic E-state index is 0.0779. The smallest absolute Gasteiger partial charge is 0.306 e. The van der Waals surface area contributed by atoms with Crippen molar-refractivity contribution < 1.29 is 14.1 Å². The maximum absolute atomic E-state index is 13.2. The lowest BCUT2D eigenvalue weighted by Gasteiger charge is -2.07. The molecule has 0 aliphatic heterocycles. The Morgan fingerprint density at radius 1 is 1.39 bits per heavy atom. The van der Waals surface area contributed by atoms with Gasteiger partial charge in [-0.05, 0) is 24.6 Å². The van der Waals surface area contributed by atoms with Crippen LogP contribution in [-0.2, 0) is 17.9 Å². The van der Waals surface area contributed by atoms with Crippen LogP contribution < -0.4 is 5.32 Å². The average Bonchev–Trinajstić information content (AvgIpc) is 3.23. The molecule has 0 aliphatic carbocycles. The first-order valence-corrected chi connectivity index (χ1v) is 8.64. The van der Waals surface area contributed by atoms with Crippen LogP contribution in [0.4, 0.5) is 15.9 Å². The van der Waals surface area contributed by atoms with Crippen molar-refractivity contribution in [1.82, 2.24) is 19.6 Å². The monoisotopic (exact) mass is 406 g/mol. The molecule has 0 saturated heterocycles. The van der Waals surface area contributed by atoms with E-state index in [0.29, 0.717) is 22.9 Å². The van der Waals surface area contributed by atoms with E-state index in [4.69, 9.17) is 11.6 Å². The fourth-order valence-electron chi connectivity index (χ4n) is 2.53. The van der Waals surface area contributed by atoms with E-state index in [1.165, 1.54) is 23.0 Å². The van der Waals surface area contributed by atoms with Crippen LogP contribution in [-0.4, -0.2) is 30.4 Å². The number of amides is 1. The van der Waals surface area contributed by atoms with Gasteiger partial charge in [-0.2, -0.15) is 10.2 Å². The molecular formula is C17H16ClFN6O3. The van der Waals surface area contributed by atoms with Crippen molar-refractivity contribution >= 4 is 29.0 Å². The molecule has 9 nitrogen and oxygen atoms in total. The van der Waals surface area contributed by atoms with E-state index < -0.39 is 10.7 Å². The molecule has 0 aliphatic rings. The number of halogens is 2. The van der Waals surface area contributed by atoms with Gasteiger partial charge in [-0.1, -0.05) is 17.7 Å². The molecule has 11 heteroatoms. The molecular weight excluding hydrogens is 391 g/mol. The molecule has 1 amide bonds. The Bertz CT molecular complexity index is 1030. The van der Waals surface area contributed by atoms with Crippen molar-refractivity contribution in [3.8, 4) is 0 Å². The molecule has 3 rings (SSSR count). The summed E-state index contributed by atoms with van der Waals surface area (Å²) in [4.78, 5) is 22.2. The van der Waals surface area contributed by atoms with E-state index in [-0.39, 0.29) is 24.6 Å². The summed E-state index contributed by atoms with van der Waals surface area (Å²) in [5, 5.41) is 21.7. The lowest BCUT2D eigenvalue weighted by Crippen LogP contribution is -2.15. The molecule has 0 saturated carbocycles. The molecule has 0 fully saturated rings. The molecule has 1 aromatic carbocycles. The van der Waals surface area contributed by atoms with E-state index in [2.05, 4.69) is 15.5 Å². The number of nitro groups is 1. The predicted octanol–water partition coefficient (Wildman–Crippen LogP) is 3.17. The Morgan fingerprint density at radius 3 is 2.86 bits per heavy atom. The van der Waals surface area contributed by atoms with Crippen LogP contribution in [0.15, 0.2) is 36.7 Å². The van der Waals surface area contributed by atoms with Crippen LogP contribution >= 0.6 is 11.6 Å². The number of rotatable bonds is 7. The van der Waals surface area contributed by atoms with Crippen LogP contribution in [0, 0.1) is 22.9 Å². The van der Waals surface area contributed by atoms with Crippen LogP contribution in [0.1, 0.15) is 17.7 Å². The lowest BCUT2D eigenvalue weighted by atomic mass is 10.2. The summed E-state index contributed by atoms with van der Waals surface area (Å²) in [6.45, 7) is 2.35. The van der Waals surface area contributed by atoms with Gasteiger partial charge in [0.05, 0.1) is 11.5 Å². The number of benzene rings is 1. The number of hydrogen-bond acceptors (Lipinski definition) is 5. The third-order valence-corrected chi connectivity index (χ3v) is 4.33. The number of carbonyl (C=O) groups is 1. The molecule has 0 bridgehead atoms. The second kappa shape index (κ2) is 8.17. The van der Waals surface area contributed by atoms with Gasteiger partial charge in [-0.25, -0.2) is 4.39 Å². The summed E-state index contributed by atoms with van der Waals surface area (Å²) in [5.74, 6) is -0.351. The molecule has 146 valence electrons. The largest absolute Gasteiger partial charge is 0.309 e. The zero-order valence-corrected chi connectivity index (χ0v) is 15.6.